The maximum Gasteiger partial charge on any atom is 0.266 e. The van der Waals surface area contributed by atoms with Gasteiger partial charge in [0.2, 0.25) is 0 Å². The van der Waals surface area contributed by atoms with Crippen molar-refractivity contribution in [2.75, 3.05) is 5.75 Å². The molecule has 4 heteroatoms. The van der Waals surface area contributed by atoms with Crippen molar-refractivity contribution in [3.05, 3.63) is 28.2 Å². The van der Waals surface area contributed by atoms with Crippen LogP contribution in [0.5, 0.6) is 0 Å². The topological polar surface area (TPSA) is 34.9 Å². The van der Waals surface area contributed by atoms with E-state index in [0.29, 0.717) is 6.54 Å². The van der Waals surface area contributed by atoms with Crippen LogP contribution in [0.3, 0.4) is 0 Å². The SMILES string of the molecule is Cc1ccc(=O)n(CCCS)n1. The predicted octanol–water partition coefficient (Wildman–Crippen LogP) is 0.872. The third-order valence-corrected chi connectivity index (χ3v) is 1.84. The number of hydrogen-bond donors (Lipinski definition) is 1. The summed E-state index contributed by atoms with van der Waals surface area (Å²) in [4.78, 5) is 11.2. The van der Waals surface area contributed by atoms with Gasteiger partial charge in [-0.25, -0.2) is 4.68 Å². The second-order valence-corrected chi connectivity index (χ2v) is 3.06. The van der Waals surface area contributed by atoms with Crippen LogP contribution >= 0.6 is 12.6 Å². The third kappa shape index (κ3) is 2.37. The minimum atomic E-state index is -0.0395. The summed E-state index contributed by atoms with van der Waals surface area (Å²) in [6, 6.07) is 3.26. The smallest absolute Gasteiger partial charge is 0.266 e. The van der Waals surface area contributed by atoms with Gasteiger partial charge < -0.3 is 0 Å². The minimum Gasteiger partial charge on any atom is -0.268 e. The first-order valence-electron chi connectivity index (χ1n) is 3.89. The fourth-order valence-electron chi connectivity index (χ4n) is 0.932. The molecular weight excluding hydrogens is 172 g/mol. The maximum absolute atomic E-state index is 11.2. The molecule has 1 rings (SSSR count). The molecule has 1 aromatic rings. The molecule has 0 aliphatic carbocycles. The molecule has 0 amide bonds. The van der Waals surface area contributed by atoms with Crippen molar-refractivity contribution >= 4 is 12.6 Å². The van der Waals surface area contributed by atoms with Gasteiger partial charge >= 0.3 is 0 Å². The molecule has 0 spiro atoms. The van der Waals surface area contributed by atoms with Crippen LogP contribution in [0.1, 0.15) is 12.1 Å². The Balaban J connectivity index is 2.83. The van der Waals surface area contributed by atoms with E-state index < -0.39 is 0 Å². The lowest BCUT2D eigenvalue weighted by atomic mass is 10.4. The minimum absolute atomic E-state index is 0.0395. The molecule has 0 aliphatic heterocycles. The lowest BCUT2D eigenvalue weighted by Crippen LogP contribution is -2.22. The molecular formula is C8H12N2OS. The largest absolute Gasteiger partial charge is 0.268 e. The zero-order valence-corrected chi connectivity index (χ0v) is 7.92. The molecule has 0 radical (unpaired) electrons. The normalized spacial score (nSPS) is 10.2. The van der Waals surface area contributed by atoms with Gasteiger partial charge in [-0.05, 0) is 25.2 Å². The van der Waals surface area contributed by atoms with Crippen molar-refractivity contribution < 1.29 is 0 Å². The van der Waals surface area contributed by atoms with Crippen molar-refractivity contribution in [2.24, 2.45) is 0 Å². The van der Waals surface area contributed by atoms with Crippen molar-refractivity contribution in [2.45, 2.75) is 19.9 Å². The van der Waals surface area contributed by atoms with Crippen LogP contribution in [0.4, 0.5) is 0 Å². The van der Waals surface area contributed by atoms with Crippen LogP contribution in [0.2, 0.25) is 0 Å². The first-order chi connectivity index (χ1) is 5.74. The van der Waals surface area contributed by atoms with Crippen LogP contribution in [0.25, 0.3) is 0 Å². The molecule has 0 saturated heterocycles. The highest BCUT2D eigenvalue weighted by molar-refractivity contribution is 7.80. The molecule has 0 unspecified atom stereocenters. The van der Waals surface area contributed by atoms with Gasteiger partial charge in [-0.15, -0.1) is 0 Å². The van der Waals surface area contributed by atoms with Gasteiger partial charge in [0, 0.05) is 12.6 Å². The van der Waals surface area contributed by atoms with Gasteiger partial charge in [-0.2, -0.15) is 17.7 Å². The van der Waals surface area contributed by atoms with Crippen molar-refractivity contribution in [1.82, 2.24) is 9.78 Å². The van der Waals surface area contributed by atoms with Crippen LogP contribution in [-0.2, 0) is 6.54 Å². The lowest BCUT2D eigenvalue weighted by molar-refractivity contribution is 0.564. The Bertz CT molecular complexity index is 308. The summed E-state index contributed by atoms with van der Waals surface area (Å²) in [5, 5.41) is 4.08. The first kappa shape index (κ1) is 9.32. The Labute approximate surface area is 76.8 Å². The summed E-state index contributed by atoms with van der Waals surface area (Å²) in [6.45, 7) is 2.53. The highest BCUT2D eigenvalue weighted by atomic mass is 32.1. The van der Waals surface area contributed by atoms with Gasteiger partial charge in [-0.3, -0.25) is 4.79 Å². The standard InChI is InChI=1S/C8H12N2OS/c1-7-3-4-8(11)10(9-7)5-2-6-12/h3-4,12H,2,5-6H2,1H3. The van der Waals surface area contributed by atoms with E-state index in [2.05, 4.69) is 17.7 Å². The Morgan fingerprint density at radius 2 is 2.33 bits per heavy atom. The zero-order valence-electron chi connectivity index (χ0n) is 7.03. The lowest BCUT2D eigenvalue weighted by Gasteiger charge is -2.02. The average Bonchev–Trinajstić information content (AvgIpc) is 2.07. The number of aromatic nitrogens is 2. The molecule has 12 heavy (non-hydrogen) atoms. The molecule has 3 nitrogen and oxygen atoms in total. The third-order valence-electron chi connectivity index (χ3n) is 1.53. The van der Waals surface area contributed by atoms with Crippen LogP contribution in [0.15, 0.2) is 16.9 Å². The van der Waals surface area contributed by atoms with E-state index in [-0.39, 0.29) is 5.56 Å². The molecule has 66 valence electrons. The zero-order chi connectivity index (χ0) is 8.97. The van der Waals surface area contributed by atoms with E-state index in [0.717, 1.165) is 17.9 Å². The van der Waals surface area contributed by atoms with E-state index in [1.54, 1.807) is 12.1 Å². The second-order valence-electron chi connectivity index (χ2n) is 2.61. The number of hydrogen-bond acceptors (Lipinski definition) is 3. The Morgan fingerprint density at radius 1 is 1.58 bits per heavy atom. The van der Waals surface area contributed by atoms with Gasteiger partial charge in [0.05, 0.1) is 5.69 Å². The van der Waals surface area contributed by atoms with Crippen LogP contribution in [-0.4, -0.2) is 15.5 Å². The quantitative estimate of drug-likeness (QED) is 0.707. The number of aryl methyl sites for hydroxylation is 2. The predicted molar refractivity (Wildman–Crippen MR) is 51.7 cm³/mol. The average molecular weight is 184 g/mol. The highest BCUT2D eigenvalue weighted by Crippen LogP contribution is 1.89. The summed E-state index contributed by atoms with van der Waals surface area (Å²) in [6.07, 6.45) is 0.874. The van der Waals surface area contributed by atoms with E-state index in [1.165, 1.54) is 4.68 Å². The summed E-state index contributed by atoms with van der Waals surface area (Å²) >= 11 is 4.07. The Kier molecular flexibility index (Phi) is 3.34. The Hall–Kier alpha value is -0.770. The first-order valence-corrected chi connectivity index (χ1v) is 4.53. The fraction of sp³-hybridized carbons (Fsp3) is 0.500. The maximum atomic E-state index is 11.2. The van der Waals surface area contributed by atoms with Crippen molar-refractivity contribution in [3.8, 4) is 0 Å². The molecule has 0 fully saturated rings. The summed E-state index contributed by atoms with van der Waals surface area (Å²) in [7, 11) is 0. The van der Waals surface area contributed by atoms with E-state index in [4.69, 9.17) is 0 Å². The second kappa shape index (κ2) is 4.30. The van der Waals surface area contributed by atoms with E-state index in [9.17, 15) is 4.79 Å². The highest BCUT2D eigenvalue weighted by Gasteiger charge is 1.95. The number of rotatable bonds is 3. The molecule has 1 aromatic heterocycles. The molecule has 1 heterocycles. The van der Waals surface area contributed by atoms with E-state index in [1.807, 2.05) is 6.92 Å². The molecule has 0 atom stereocenters. The van der Waals surface area contributed by atoms with E-state index >= 15 is 0 Å². The Morgan fingerprint density at radius 3 is 3.00 bits per heavy atom. The van der Waals surface area contributed by atoms with Gasteiger partial charge in [0.1, 0.15) is 0 Å². The summed E-state index contributed by atoms with van der Waals surface area (Å²) < 4.78 is 1.48. The van der Waals surface area contributed by atoms with Crippen LogP contribution in [0, 0.1) is 6.92 Å². The van der Waals surface area contributed by atoms with Crippen molar-refractivity contribution in [3.63, 3.8) is 0 Å². The van der Waals surface area contributed by atoms with Crippen molar-refractivity contribution in [1.29, 1.82) is 0 Å². The molecule has 0 saturated carbocycles. The summed E-state index contributed by atoms with van der Waals surface area (Å²) in [5.74, 6) is 0.780. The fourth-order valence-corrected chi connectivity index (χ4v) is 1.07. The summed E-state index contributed by atoms with van der Waals surface area (Å²) in [5.41, 5.74) is 0.830. The van der Waals surface area contributed by atoms with Gasteiger partial charge in [0.15, 0.2) is 0 Å². The molecule has 0 aliphatic rings. The molecule has 0 N–H and O–H groups in total. The monoisotopic (exact) mass is 184 g/mol. The number of nitrogens with zero attached hydrogens (tertiary/aromatic N) is 2. The van der Waals surface area contributed by atoms with Gasteiger partial charge in [-0.1, -0.05) is 0 Å². The number of thiol groups is 1. The molecule has 0 bridgehead atoms. The molecule has 0 aromatic carbocycles. The van der Waals surface area contributed by atoms with Gasteiger partial charge in [0.25, 0.3) is 5.56 Å². The van der Waals surface area contributed by atoms with Crippen LogP contribution < -0.4 is 5.56 Å².